The molecule has 1 aromatic heterocycles. The molecule has 5 nitrogen and oxygen atoms in total. The maximum absolute atomic E-state index is 11.1. The van der Waals surface area contributed by atoms with Gasteiger partial charge in [0.05, 0.1) is 6.04 Å². The summed E-state index contributed by atoms with van der Waals surface area (Å²) in [6.45, 7) is 5.66. The number of urea groups is 1. The van der Waals surface area contributed by atoms with Crippen molar-refractivity contribution in [1.29, 1.82) is 0 Å². The maximum Gasteiger partial charge on any atom is 0.314 e. The van der Waals surface area contributed by atoms with Gasteiger partial charge < -0.3 is 20.4 Å². The topological polar surface area (TPSA) is 71.5 Å². The Morgan fingerprint density at radius 3 is 2.74 bits per heavy atom. The minimum absolute atomic E-state index is 0.199. The Hall–Kier alpha value is -1.49. The Morgan fingerprint density at radius 1 is 1.53 bits per heavy atom. The van der Waals surface area contributed by atoms with Crippen molar-refractivity contribution in [1.82, 2.24) is 10.2 Å². The Balaban J connectivity index is 1.83. The first-order valence-corrected chi connectivity index (χ1v) is 6.99. The average Bonchev–Trinajstić information content (AvgIpc) is 2.88. The van der Waals surface area contributed by atoms with Crippen LogP contribution >= 0.6 is 0 Å². The molecule has 2 amide bonds. The molecule has 1 saturated heterocycles. The highest BCUT2D eigenvalue weighted by molar-refractivity contribution is 5.72. The van der Waals surface area contributed by atoms with Crippen molar-refractivity contribution >= 4 is 6.03 Å². The lowest BCUT2D eigenvalue weighted by molar-refractivity contribution is 0.181. The zero-order valence-corrected chi connectivity index (χ0v) is 11.7. The van der Waals surface area contributed by atoms with Crippen molar-refractivity contribution in [3.8, 4) is 0 Å². The first-order valence-electron chi connectivity index (χ1n) is 6.99. The summed E-state index contributed by atoms with van der Waals surface area (Å²) in [5.41, 5.74) is 5.27. The van der Waals surface area contributed by atoms with Gasteiger partial charge in [-0.25, -0.2) is 4.79 Å². The lowest BCUT2D eigenvalue weighted by Gasteiger charge is -2.32. The third-order valence-corrected chi connectivity index (χ3v) is 3.75. The van der Waals surface area contributed by atoms with Crippen LogP contribution in [0, 0.1) is 0 Å². The molecule has 1 fully saturated rings. The van der Waals surface area contributed by atoms with Gasteiger partial charge in [-0.05, 0) is 31.9 Å². The second kappa shape index (κ2) is 6.10. The van der Waals surface area contributed by atoms with Crippen LogP contribution in [-0.4, -0.2) is 30.1 Å². The Kier molecular flexibility index (Phi) is 4.47. The molecule has 1 aromatic rings. The van der Waals surface area contributed by atoms with Gasteiger partial charge in [-0.1, -0.05) is 6.92 Å². The summed E-state index contributed by atoms with van der Waals surface area (Å²) in [5.74, 6) is 2.00. The number of carbonyl (C=O) groups is 1. The van der Waals surface area contributed by atoms with E-state index < -0.39 is 0 Å². The van der Waals surface area contributed by atoms with Crippen molar-refractivity contribution in [2.45, 2.75) is 45.2 Å². The van der Waals surface area contributed by atoms with Gasteiger partial charge >= 0.3 is 6.03 Å². The smallest absolute Gasteiger partial charge is 0.314 e. The number of aryl methyl sites for hydroxylation is 1. The number of nitrogens with two attached hydrogens (primary N) is 1. The summed E-state index contributed by atoms with van der Waals surface area (Å²) < 4.78 is 5.75. The molecule has 0 saturated carbocycles. The monoisotopic (exact) mass is 265 g/mol. The molecule has 5 heteroatoms. The van der Waals surface area contributed by atoms with E-state index in [2.05, 4.69) is 19.2 Å². The molecule has 0 radical (unpaired) electrons. The highest BCUT2D eigenvalue weighted by Crippen LogP contribution is 2.19. The SMILES string of the molecule is CCc1ccc([C@H](C)NC2CCN(C(N)=O)CC2)o1. The molecule has 2 heterocycles. The number of nitrogens with one attached hydrogen (secondary N) is 1. The van der Waals surface area contributed by atoms with Crippen molar-refractivity contribution in [3.63, 3.8) is 0 Å². The summed E-state index contributed by atoms with van der Waals surface area (Å²) in [5, 5.41) is 3.56. The number of primary amides is 1. The molecule has 1 atom stereocenters. The molecule has 1 aliphatic rings. The number of hydrogen-bond acceptors (Lipinski definition) is 3. The summed E-state index contributed by atoms with van der Waals surface area (Å²) >= 11 is 0. The van der Waals surface area contributed by atoms with Crippen LogP contribution in [-0.2, 0) is 6.42 Å². The van der Waals surface area contributed by atoms with Crippen LogP contribution in [0.15, 0.2) is 16.5 Å². The fourth-order valence-corrected chi connectivity index (χ4v) is 2.52. The standard InChI is InChI=1S/C14H23N3O2/c1-3-12-4-5-13(19-12)10(2)16-11-6-8-17(9-7-11)14(15)18/h4-5,10-11,16H,3,6-9H2,1-2H3,(H2,15,18)/t10-/m0/s1. The predicted molar refractivity (Wildman–Crippen MR) is 73.8 cm³/mol. The van der Waals surface area contributed by atoms with Gasteiger partial charge in [0.25, 0.3) is 0 Å². The first-order chi connectivity index (χ1) is 9.10. The molecule has 3 N–H and O–H groups in total. The molecule has 0 spiro atoms. The van der Waals surface area contributed by atoms with Gasteiger partial charge in [0.1, 0.15) is 11.5 Å². The highest BCUT2D eigenvalue weighted by Gasteiger charge is 2.23. The van der Waals surface area contributed by atoms with Gasteiger partial charge in [-0.3, -0.25) is 0 Å². The van der Waals surface area contributed by atoms with Crippen molar-refractivity contribution in [3.05, 3.63) is 23.7 Å². The highest BCUT2D eigenvalue weighted by atomic mass is 16.3. The quantitative estimate of drug-likeness (QED) is 0.875. The van der Waals surface area contributed by atoms with Crippen molar-refractivity contribution in [2.24, 2.45) is 5.73 Å². The second-order valence-corrected chi connectivity index (χ2v) is 5.15. The second-order valence-electron chi connectivity index (χ2n) is 5.15. The van der Waals surface area contributed by atoms with E-state index in [-0.39, 0.29) is 12.1 Å². The van der Waals surface area contributed by atoms with E-state index in [0.29, 0.717) is 6.04 Å². The lowest BCUT2D eigenvalue weighted by atomic mass is 10.0. The number of nitrogens with zero attached hydrogens (tertiary/aromatic N) is 1. The van der Waals surface area contributed by atoms with E-state index in [1.54, 1.807) is 4.90 Å². The van der Waals surface area contributed by atoms with Crippen LogP contribution in [0.2, 0.25) is 0 Å². The molecule has 19 heavy (non-hydrogen) atoms. The van der Waals surface area contributed by atoms with Gasteiger partial charge in [0.2, 0.25) is 0 Å². The number of amides is 2. The van der Waals surface area contributed by atoms with Gasteiger partial charge in [0, 0.05) is 25.6 Å². The number of furan rings is 1. The maximum atomic E-state index is 11.1. The number of hydrogen-bond donors (Lipinski definition) is 2. The van der Waals surface area contributed by atoms with Crippen LogP contribution < -0.4 is 11.1 Å². The third kappa shape index (κ3) is 3.50. The summed E-state index contributed by atoms with van der Waals surface area (Å²) in [4.78, 5) is 12.8. The van der Waals surface area contributed by atoms with E-state index in [0.717, 1.165) is 43.9 Å². The van der Waals surface area contributed by atoms with E-state index in [1.807, 2.05) is 12.1 Å². The van der Waals surface area contributed by atoms with Crippen LogP contribution in [0.5, 0.6) is 0 Å². The fraction of sp³-hybridized carbons (Fsp3) is 0.643. The molecular weight excluding hydrogens is 242 g/mol. The van der Waals surface area contributed by atoms with E-state index in [9.17, 15) is 4.79 Å². The van der Waals surface area contributed by atoms with Crippen molar-refractivity contribution < 1.29 is 9.21 Å². The third-order valence-electron chi connectivity index (χ3n) is 3.75. The van der Waals surface area contributed by atoms with Gasteiger partial charge in [-0.2, -0.15) is 0 Å². The molecule has 0 aromatic carbocycles. The first kappa shape index (κ1) is 13.9. The van der Waals surface area contributed by atoms with E-state index in [1.165, 1.54) is 0 Å². The van der Waals surface area contributed by atoms with Gasteiger partial charge in [0.15, 0.2) is 0 Å². The summed E-state index contributed by atoms with van der Waals surface area (Å²) in [6.07, 6.45) is 2.80. The zero-order valence-electron chi connectivity index (χ0n) is 11.7. The Morgan fingerprint density at radius 2 is 2.21 bits per heavy atom. The fourth-order valence-electron chi connectivity index (χ4n) is 2.52. The van der Waals surface area contributed by atoms with Crippen LogP contribution in [0.25, 0.3) is 0 Å². The molecule has 0 bridgehead atoms. The molecule has 0 unspecified atom stereocenters. The number of carbonyl (C=O) groups excluding carboxylic acids is 1. The van der Waals surface area contributed by atoms with E-state index in [4.69, 9.17) is 10.2 Å². The molecule has 2 rings (SSSR count). The van der Waals surface area contributed by atoms with Crippen molar-refractivity contribution in [2.75, 3.05) is 13.1 Å². The Bertz CT molecular complexity index is 422. The Labute approximate surface area is 114 Å². The number of likely N-dealkylation sites (tertiary alicyclic amines) is 1. The number of piperidine rings is 1. The van der Waals surface area contributed by atoms with Crippen LogP contribution in [0.1, 0.15) is 44.3 Å². The predicted octanol–water partition coefficient (Wildman–Crippen LogP) is 2.04. The zero-order chi connectivity index (χ0) is 13.8. The van der Waals surface area contributed by atoms with E-state index >= 15 is 0 Å². The summed E-state index contributed by atoms with van der Waals surface area (Å²) in [7, 11) is 0. The lowest BCUT2D eigenvalue weighted by Crippen LogP contribution is -2.47. The molecule has 106 valence electrons. The minimum atomic E-state index is -0.315. The van der Waals surface area contributed by atoms with Gasteiger partial charge in [-0.15, -0.1) is 0 Å². The molecular formula is C14H23N3O2. The largest absolute Gasteiger partial charge is 0.464 e. The minimum Gasteiger partial charge on any atom is -0.464 e. The normalized spacial score (nSPS) is 18.5. The summed E-state index contributed by atoms with van der Waals surface area (Å²) in [6, 6.07) is 4.37. The van der Waals surface area contributed by atoms with Crippen LogP contribution in [0.3, 0.4) is 0 Å². The molecule has 0 aliphatic carbocycles. The average molecular weight is 265 g/mol. The molecule has 1 aliphatic heterocycles. The number of rotatable bonds is 4. The van der Waals surface area contributed by atoms with Crippen LogP contribution in [0.4, 0.5) is 4.79 Å².